The zero-order valence-corrected chi connectivity index (χ0v) is 17.8. The summed E-state index contributed by atoms with van der Waals surface area (Å²) in [6.45, 7) is 7.27. The van der Waals surface area contributed by atoms with Crippen molar-refractivity contribution in [1.82, 2.24) is 24.6 Å². The van der Waals surface area contributed by atoms with Gasteiger partial charge in [0.05, 0.1) is 23.0 Å². The Bertz CT molecular complexity index is 1210. The van der Waals surface area contributed by atoms with Crippen LogP contribution in [0.25, 0.3) is 22.2 Å². The molecule has 0 saturated heterocycles. The smallest absolute Gasteiger partial charge is 0.254 e. The molecule has 0 aliphatic carbocycles. The van der Waals surface area contributed by atoms with Crippen molar-refractivity contribution in [3.63, 3.8) is 0 Å². The summed E-state index contributed by atoms with van der Waals surface area (Å²) in [4.78, 5) is 24.5. The second kappa shape index (κ2) is 8.06. The van der Waals surface area contributed by atoms with Crippen LogP contribution in [0, 0.1) is 13.8 Å². The second-order valence-electron chi connectivity index (χ2n) is 7.54. The molecule has 0 radical (unpaired) electrons. The monoisotopic (exact) mass is 399 g/mol. The third kappa shape index (κ3) is 3.68. The summed E-state index contributed by atoms with van der Waals surface area (Å²) in [6.07, 6.45) is 7.20. The number of aryl methyl sites for hydroxylation is 3. The van der Waals surface area contributed by atoms with Gasteiger partial charge in [-0.3, -0.25) is 14.5 Å². The van der Waals surface area contributed by atoms with Gasteiger partial charge in [0.25, 0.3) is 5.91 Å². The normalized spacial score (nSPS) is 11.1. The number of fused-ring (bicyclic) bond motifs is 1. The van der Waals surface area contributed by atoms with Crippen LogP contribution in [0.4, 0.5) is 0 Å². The molecule has 0 spiro atoms. The molecule has 0 aliphatic rings. The Kier molecular flexibility index (Phi) is 5.31. The Morgan fingerprint density at radius 1 is 1.13 bits per heavy atom. The predicted octanol–water partition coefficient (Wildman–Crippen LogP) is 4.31. The number of amides is 1. The number of rotatable bonds is 5. The average Bonchev–Trinajstić information content (AvgIpc) is 3.20. The maximum atomic E-state index is 13.6. The van der Waals surface area contributed by atoms with Crippen LogP contribution >= 0.6 is 0 Å². The van der Waals surface area contributed by atoms with Crippen LogP contribution in [-0.2, 0) is 13.6 Å². The lowest BCUT2D eigenvalue weighted by molar-refractivity contribution is 0.0754. The van der Waals surface area contributed by atoms with Gasteiger partial charge in [0, 0.05) is 49.7 Å². The van der Waals surface area contributed by atoms with Crippen molar-refractivity contribution in [3.8, 4) is 11.3 Å². The van der Waals surface area contributed by atoms with E-state index in [1.54, 1.807) is 23.3 Å². The van der Waals surface area contributed by atoms with Crippen LogP contribution in [0.3, 0.4) is 0 Å². The van der Waals surface area contributed by atoms with E-state index in [1.807, 2.05) is 49.3 Å². The highest BCUT2D eigenvalue weighted by molar-refractivity contribution is 6.08. The molecule has 0 unspecified atom stereocenters. The highest BCUT2D eigenvalue weighted by atomic mass is 16.2. The van der Waals surface area contributed by atoms with Crippen LogP contribution < -0.4 is 0 Å². The molecule has 4 aromatic rings. The third-order valence-electron chi connectivity index (χ3n) is 5.53. The van der Waals surface area contributed by atoms with Crippen molar-refractivity contribution >= 4 is 16.8 Å². The van der Waals surface area contributed by atoms with Crippen molar-refractivity contribution in [3.05, 3.63) is 77.4 Å². The standard InChI is InChI=1S/C24H25N5O/c1-5-29(14-18-8-10-25-11-9-18)24(30)21-12-22(19-13-26-28(4)15-19)27-23-17(3)16(2)6-7-20(21)23/h6-13,15H,5,14H2,1-4H3. The second-order valence-corrected chi connectivity index (χ2v) is 7.54. The Balaban J connectivity index is 1.85. The lowest BCUT2D eigenvalue weighted by Gasteiger charge is -2.22. The molecule has 3 heterocycles. The number of carbonyl (C=O) groups is 1. The highest BCUT2D eigenvalue weighted by Crippen LogP contribution is 2.29. The zero-order chi connectivity index (χ0) is 21.3. The van der Waals surface area contributed by atoms with Gasteiger partial charge >= 0.3 is 0 Å². The van der Waals surface area contributed by atoms with E-state index in [0.29, 0.717) is 18.7 Å². The van der Waals surface area contributed by atoms with Crippen LogP contribution in [0.2, 0.25) is 0 Å². The first-order valence-electron chi connectivity index (χ1n) is 10.1. The van der Waals surface area contributed by atoms with E-state index in [1.165, 1.54) is 0 Å². The fraction of sp³-hybridized carbons (Fsp3) is 0.250. The fourth-order valence-electron chi connectivity index (χ4n) is 3.61. The van der Waals surface area contributed by atoms with Gasteiger partial charge in [-0.2, -0.15) is 5.10 Å². The van der Waals surface area contributed by atoms with E-state index in [2.05, 4.69) is 30.0 Å². The van der Waals surface area contributed by atoms with E-state index < -0.39 is 0 Å². The maximum absolute atomic E-state index is 13.6. The molecule has 30 heavy (non-hydrogen) atoms. The molecule has 1 amide bonds. The molecular formula is C24H25N5O. The largest absolute Gasteiger partial charge is 0.335 e. The average molecular weight is 399 g/mol. The summed E-state index contributed by atoms with van der Waals surface area (Å²) in [6, 6.07) is 9.83. The fourth-order valence-corrected chi connectivity index (χ4v) is 3.61. The zero-order valence-electron chi connectivity index (χ0n) is 17.8. The first kappa shape index (κ1) is 19.8. The van der Waals surface area contributed by atoms with Gasteiger partial charge in [-0.05, 0) is 55.7 Å². The minimum Gasteiger partial charge on any atom is -0.335 e. The maximum Gasteiger partial charge on any atom is 0.254 e. The summed E-state index contributed by atoms with van der Waals surface area (Å²) in [5.74, 6) is -0.00453. The summed E-state index contributed by atoms with van der Waals surface area (Å²) in [5.41, 5.74) is 6.47. The molecule has 0 aliphatic heterocycles. The van der Waals surface area contributed by atoms with E-state index in [0.717, 1.165) is 38.9 Å². The van der Waals surface area contributed by atoms with E-state index in [4.69, 9.17) is 4.98 Å². The van der Waals surface area contributed by atoms with Gasteiger partial charge in [-0.15, -0.1) is 0 Å². The van der Waals surface area contributed by atoms with Gasteiger partial charge < -0.3 is 4.90 Å². The molecule has 0 bridgehead atoms. The van der Waals surface area contributed by atoms with Gasteiger partial charge in [0.15, 0.2) is 0 Å². The number of hydrogen-bond donors (Lipinski definition) is 0. The molecule has 0 N–H and O–H groups in total. The number of pyridine rings is 2. The Hall–Kier alpha value is -3.54. The van der Waals surface area contributed by atoms with Gasteiger partial charge in [-0.25, -0.2) is 4.98 Å². The first-order valence-corrected chi connectivity index (χ1v) is 10.1. The lowest BCUT2D eigenvalue weighted by Crippen LogP contribution is -2.30. The minimum atomic E-state index is -0.00453. The van der Waals surface area contributed by atoms with Crippen LogP contribution in [-0.4, -0.2) is 37.1 Å². The molecule has 0 atom stereocenters. The van der Waals surface area contributed by atoms with Gasteiger partial charge in [0.2, 0.25) is 0 Å². The molecular weight excluding hydrogens is 374 g/mol. The van der Waals surface area contributed by atoms with Crippen LogP contribution in [0.1, 0.15) is 34.0 Å². The number of hydrogen-bond acceptors (Lipinski definition) is 4. The van der Waals surface area contributed by atoms with Crippen molar-refractivity contribution in [2.75, 3.05) is 6.54 Å². The Labute approximate surface area is 176 Å². The van der Waals surface area contributed by atoms with Crippen molar-refractivity contribution in [2.24, 2.45) is 7.05 Å². The Morgan fingerprint density at radius 2 is 1.90 bits per heavy atom. The highest BCUT2D eigenvalue weighted by Gasteiger charge is 2.21. The third-order valence-corrected chi connectivity index (χ3v) is 5.53. The minimum absolute atomic E-state index is 0.00453. The number of carbonyl (C=O) groups excluding carboxylic acids is 1. The van der Waals surface area contributed by atoms with Crippen LogP contribution in [0.15, 0.2) is 55.1 Å². The van der Waals surface area contributed by atoms with Gasteiger partial charge in [0.1, 0.15) is 0 Å². The summed E-state index contributed by atoms with van der Waals surface area (Å²) >= 11 is 0. The predicted molar refractivity (Wildman–Crippen MR) is 118 cm³/mol. The summed E-state index contributed by atoms with van der Waals surface area (Å²) in [5, 5.41) is 5.15. The van der Waals surface area contributed by atoms with Crippen molar-refractivity contribution < 1.29 is 4.79 Å². The number of aromatic nitrogens is 4. The topological polar surface area (TPSA) is 63.9 Å². The van der Waals surface area contributed by atoms with E-state index in [9.17, 15) is 4.79 Å². The molecule has 152 valence electrons. The lowest BCUT2D eigenvalue weighted by atomic mass is 9.99. The molecule has 0 saturated carbocycles. The SMILES string of the molecule is CCN(Cc1ccncc1)C(=O)c1cc(-c2cnn(C)c2)nc2c(C)c(C)ccc12. The molecule has 3 aromatic heterocycles. The van der Waals surface area contributed by atoms with Crippen LogP contribution in [0.5, 0.6) is 0 Å². The number of nitrogens with zero attached hydrogens (tertiary/aromatic N) is 5. The molecule has 6 nitrogen and oxygen atoms in total. The Morgan fingerprint density at radius 3 is 2.57 bits per heavy atom. The molecule has 4 rings (SSSR count). The van der Waals surface area contributed by atoms with Crippen molar-refractivity contribution in [1.29, 1.82) is 0 Å². The molecule has 0 fully saturated rings. The summed E-state index contributed by atoms with van der Waals surface area (Å²) < 4.78 is 1.74. The van der Waals surface area contributed by atoms with E-state index in [-0.39, 0.29) is 5.91 Å². The molecule has 6 heteroatoms. The summed E-state index contributed by atoms with van der Waals surface area (Å²) in [7, 11) is 1.87. The van der Waals surface area contributed by atoms with Crippen molar-refractivity contribution in [2.45, 2.75) is 27.3 Å². The quantitative estimate of drug-likeness (QED) is 0.502. The van der Waals surface area contributed by atoms with Gasteiger partial charge in [-0.1, -0.05) is 12.1 Å². The first-order chi connectivity index (χ1) is 14.5. The number of benzene rings is 1. The molecule has 1 aromatic carbocycles. The van der Waals surface area contributed by atoms with E-state index >= 15 is 0 Å².